The monoisotopic (exact) mass is 302 g/mol. The van der Waals surface area contributed by atoms with Crippen LogP contribution in [0.5, 0.6) is 5.75 Å². The van der Waals surface area contributed by atoms with Crippen LogP contribution in [0.25, 0.3) is 0 Å². The molecule has 0 bridgehead atoms. The molecule has 1 aromatic carbocycles. The van der Waals surface area contributed by atoms with Crippen molar-refractivity contribution < 1.29 is 22.3 Å². The number of ether oxygens (including phenoxy) is 1. The average molecular weight is 302 g/mol. The van der Waals surface area contributed by atoms with Crippen LogP contribution < -0.4 is 9.88 Å². The lowest BCUT2D eigenvalue weighted by Gasteiger charge is -2.17. The third-order valence-corrected chi connectivity index (χ3v) is 4.51. The normalized spacial score (nSPS) is 19.4. The average Bonchev–Trinajstić information content (AvgIpc) is 2.73. The zero-order valence-corrected chi connectivity index (χ0v) is 11.7. The minimum absolute atomic E-state index is 0.00606. The van der Waals surface area contributed by atoms with E-state index in [2.05, 4.69) is 0 Å². The molecule has 0 aromatic heterocycles. The number of carbonyl (C=O) groups is 1. The molecule has 0 spiro atoms. The number of amides is 1. The summed E-state index contributed by atoms with van der Waals surface area (Å²) in [7, 11) is -2.42. The smallest absolute Gasteiger partial charge is 0.224 e. The first-order chi connectivity index (χ1) is 9.32. The van der Waals surface area contributed by atoms with Crippen LogP contribution >= 0.6 is 0 Å². The fourth-order valence-electron chi connectivity index (χ4n) is 2.15. The van der Waals surface area contributed by atoms with Crippen molar-refractivity contribution in [3.05, 3.63) is 29.6 Å². The highest BCUT2D eigenvalue weighted by Gasteiger charge is 2.36. The molecule has 110 valence electrons. The molecule has 1 heterocycles. The van der Waals surface area contributed by atoms with E-state index in [-0.39, 0.29) is 36.7 Å². The van der Waals surface area contributed by atoms with Gasteiger partial charge in [0.05, 0.1) is 7.11 Å². The van der Waals surface area contributed by atoms with Gasteiger partial charge in [-0.25, -0.2) is 17.9 Å². The Morgan fingerprint density at radius 3 is 2.75 bits per heavy atom. The molecule has 1 aliphatic heterocycles. The molecule has 1 aromatic rings. The van der Waals surface area contributed by atoms with Gasteiger partial charge in [0.25, 0.3) is 0 Å². The first-order valence-electron chi connectivity index (χ1n) is 5.93. The van der Waals surface area contributed by atoms with Crippen molar-refractivity contribution in [2.75, 3.05) is 13.7 Å². The quantitative estimate of drug-likeness (QED) is 0.861. The van der Waals surface area contributed by atoms with Crippen molar-refractivity contribution >= 4 is 15.9 Å². The highest BCUT2D eigenvalue weighted by molar-refractivity contribution is 7.89. The predicted molar refractivity (Wildman–Crippen MR) is 69.9 cm³/mol. The largest absolute Gasteiger partial charge is 0.494 e. The summed E-state index contributed by atoms with van der Waals surface area (Å²) in [5, 5.41) is 4.11. The number of carbonyl (C=O) groups excluding carboxylic acids is 1. The first kappa shape index (κ1) is 14.7. The summed E-state index contributed by atoms with van der Waals surface area (Å²) < 4.78 is 41.3. The van der Waals surface area contributed by atoms with E-state index in [1.165, 1.54) is 24.1 Å². The summed E-state index contributed by atoms with van der Waals surface area (Å²) in [6.45, 7) is -0.0256. The van der Waals surface area contributed by atoms with Crippen molar-refractivity contribution in [3.63, 3.8) is 0 Å². The van der Waals surface area contributed by atoms with Gasteiger partial charge in [-0.15, -0.1) is 0 Å². The number of nitrogens with zero attached hydrogens (tertiary/aromatic N) is 1. The summed E-state index contributed by atoms with van der Waals surface area (Å²) >= 11 is 0. The molecule has 1 saturated heterocycles. The molecule has 8 heteroatoms. The Morgan fingerprint density at radius 2 is 2.20 bits per heavy atom. The second-order valence-electron chi connectivity index (χ2n) is 4.62. The number of primary sulfonamides is 1. The third-order valence-electron chi connectivity index (χ3n) is 3.27. The van der Waals surface area contributed by atoms with Crippen molar-refractivity contribution in [2.24, 2.45) is 5.14 Å². The van der Waals surface area contributed by atoms with Gasteiger partial charge >= 0.3 is 0 Å². The van der Waals surface area contributed by atoms with E-state index in [0.29, 0.717) is 0 Å². The molecule has 2 N–H and O–H groups in total. The van der Waals surface area contributed by atoms with E-state index in [4.69, 9.17) is 9.88 Å². The lowest BCUT2D eigenvalue weighted by atomic mass is 10.2. The Hall–Kier alpha value is -1.67. The van der Waals surface area contributed by atoms with Crippen LogP contribution in [0.1, 0.15) is 12.0 Å². The van der Waals surface area contributed by atoms with Crippen molar-refractivity contribution in [1.82, 2.24) is 4.90 Å². The highest BCUT2D eigenvalue weighted by Crippen LogP contribution is 2.24. The second kappa shape index (κ2) is 5.37. The number of rotatable bonds is 4. The van der Waals surface area contributed by atoms with Crippen molar-refractivity contribution in [3.8, 4) is 5.75 Å². The summed E-state index contributed by atoms with van der Waals surface area (Å²) in [5.41, 5.74) is 0.271. The van der Waals surface area contributed by atoms with Crippen LogP contribution in [0.2, 0.25) is 0 Å². The molecule has 1 aliphatic rings. The molecular formula is C12H15FN2O4S. The Balaban J connectivity index is 2.17. The number of likely N-dealkylation sites (tertiary alicyclic amines) is 1. The first-order valence-corrected chi connectivity index (χ1v) is 7.54. The maximum absolute atomic E-state index is 14.0. The van der Waals surface area contributed by atoms with Crippen LogP contribution in [0, 0.1) is 5.82 Å². The van der Waals surface area contributed by atoms with E-state index in [1.807, 2.05) is 0 Å². The van der Waals surface area contributed by atoms with Gasteiger partial charge in [-0.3, -0.25) is 4.79 Å². The summed E-state index contributed by atoms with van der Waals surface area (Å²) in [5.74, 6) is -0.828. The van der Waals surface area contributed by atoms with Crippen LogP contribution in [-0.2, 0) is 21.4 Å². The summed E-state index contributed by atoms with van der Waals surface area (Å²) in [6.07, 6.45) is -0.162. The Morgan fingerprint density at radius 1 is 1.50 bits per heavy atom. The zero-order valence-electron chi connectivity index (χ0n) is 10.9. The van der Waals surface area contributed by atoms with E-state index in [1.54, 1.807) is 6.07 Å². The maximum Gasteiger partial charge on any atom is 0.224 e. The standard InChI is InChI=1S/C12H15FN2O4S/c1-19-10-4-2-3-8(12(10)13)6-15-7-9(5-11(15)16)20(14,17)18/h2-4,9H,5-7H2,1H3,(H2,14,17,18). The van der Waals surface area contributed by atoms with Gasteiger partial charge in [-0.2, -0.15) is 0 Å². The number of hydrogen-bond donors (Lipinski definition) is 1. The molecule has 1 unspecified atom stereocenters. The fourth-order valence-corrected chi connectivity index (χ4v) is 2.91. The van der Waals surface area contributed by atoms with Gasteiger partial charge in [0.15, 0.2) is 11.6 Å². The SMILES string of the molecule is COc1cccc(CN2CC(S(N)(=O)=O)CC2=O)c1F. The van der Waals surface area contributed by atoms with Gasteiger partial charge < -0.3 is 9.64 Å². The van der Waals surface area contributed by atoms with E-state index < -0.39 is 21.1 Å². The van der Waals surface area contributed by atoms with Gasteiger partial charge in [0.1, 0.15) is 5.25 Å². The fraction of sp³-hybridized carbons (Fsp3) is 0.417. The molecule has 0 saturated carbocycles. The Kier molecular flexibility index (Phi) is 3.96. The molecule has 6 nitrogen and oxygen atoms in total. The van der Waals surface area contributed by atoms with Crippen molar-refractivity contribution in [2.45, 2.75) is 18.2 Å². The van der Waals surface area contributed by atoms with Gasteiger partial charge in [0.2, 0.25) is 15.9 Å². The van der Waals surface area contributed by atoms with Crippen molar-refractivity contribution in [1.29, 1.82) is 0 Å². The molecule has 1 atom stereocenters. The molecular weight excluding hydrogens is 287 g/mol. The highest BCUT2D eigenvalue weighted by atomic mass is 32.2. The predicted octanol–water partition coefficient (Wildman–Crippen LogP) is 0.224. The lowest BCUT2D eigenvalue weighted by Crippen LogP contribution is -2.32. The number of nitrogens with two attached hydrogens (primary N) is 1. The van der Waals surface area contributed by atoms with E-state index >= 15 is 0 Å². The van der Waals surface area contributed by atoms with Crippen LogP contribution in [0.4, 0.5) is 4.39 Å². The van der Waals surface area contributed by atoms with Gasteiger partial charge in [-0.1, -0.05) is 12.1 Å². The van der Waals surface area contributed by atoms with Gasteiger partial charge in [0, 0.05) is 25.1 Å². The molecule has 1 fully saturated rings. The maximum atomic E-state index is 14.0. The van der Waals surface area contributed by atoms with Gasteiger partial charge in [-0.05, 0) is 6.07 Å². The van der Waals surface area contributed by atoms with E-state index in [0.717, 1.165) is 0 Å². The molecule has 1 amide bonds. The number of sulfonamides is 1. The zero-order chi connectivity index (χ0) is 14.9. The van der Waals surface area contributed by atoms with Crippen LogP contribution in [-0.4, -0.2) is 38.1 Å². The topological polar surface area (TPSA) is 89.7 Å². The van der Waals surface area contributed by atoms with E-state index in [9.17, 15) is 17.6 Å². The summed E-state index contributed by atoms with van der Waals surface area (Å²) in [4.78, 5) is 13.0. The molecule has 2 rings (SSSR count). The number of benzene rings is 1. The Labute approximate surface area is 116 Å². The number of hydrogen-bond acceptors (Lipinski definition) is 4. The van der Waals surface area contributed by atoms with Crippen LogP contribution in [0.3, 0.4) is 0 Å². The molecule has 0 radical (unpaired) electrons. The lowest BCUT2D eigenvalue weighted by molar-refractivity contribution is -0.128. The minimum Gasteiger partial charge on any atom is -0.494 e. The van der Waals surface area contributed by atoms with Crippen LogP contribution in [0.15, 0.2) is 18.2 Å². The third kappa shape index (κ3) is 2.91. The molecule has 20 heavy (non-hydrogen) atoms. The summed E-state index contributed by atoms with van der Waals surface area (Å²) in [6, 6.07) is 4.60. The Bertz CT molecular complexity index is 632. The number of methoxy groups -OCH3 is 1. The number of halogens is 1. The minimum atomic E-state index is -3.76. The molecule has 0 aliphatic carbocycles. The second-order valence-corrected chi connectivity index (χ2v) is 6.47.